The predicted octanol–water partition coefficient (Wildman–Crippen LogP) is 2.25. The second-order valence-electron chi connectivity index (χ2n) is 7.33. The number of likely N-dealkylation sites (N-methyl/N-ethyl adjacent to an activating group) is 1. The number of aromatic nitrogens is 2. The first-order chi connectivity index (χ1) is 13.8. The Balaban J connectivity index is 1.96. The smallest absolute Gasteiger partial charge is 0.272 e. The van der Waals surface area contributed by atoms with E-state index in [2.05, 4.69) is 15.6 Å². The van der Waals surface area contributed by atoms with E-state index in [0.29, 0.717) is 36.7 Å². The van der Waals surface area contributed by atoms with E-state index in [-0.39, 0.29) is 24.1 Å². The molecule has 0 saturated heterocycles. The van der Waals surface area contributed by atoms with Gasteiger partial charge in [0.2, 0.25) is 5.91 Å². The predicted molar refractivity (Wildman–Crippen MR) is 102 cm³/mol. The molecular weight excluding hydrogens is 382 g/mol. The lowest BCUT2D eigenvalue weighted by Crippen LogP contribution is -2.46. The quantitative estimate of drug-likeness (QED) is 0.771. The molecule has 1 atom stereocenters. The highest BCUT2D eigenvalue weighted by atomic mass is 19.2. The van der Waals surface area contributed by atoms with Crippen molar-refractivity contribution in [3.8, 4) is 11.4 Å². The number of amides is 2. The summed E-state index contributed by atoms with van der Waals surface area (Å²) < 4.78 is 34.3. The van der Waals surface area contributed by atoms with Crippen LogP contribution in [-0.2, 0) is 22.7 Å². The minimum atomic E-state index is -0.991. The largest absolute Gasteiger partial charge is 0.373 e. The fourth-order valence-electron chi connectivity index (χ4n) is 3.34. The van der Waals surface area contributed by atoms with Crippen molar-refractivity contribution in [2.45, 2.75) is 39.5 Å². The first-order valence-corrected chi connectivity index (χ1v) is 9.46. The topological polar surface area (TPSA) is 85.3 Å². The van der Waals surface area contributed by atoms with Crippen LogP contribution in [0.15, 0.2) is 18.2 Å². The molecule has 0 unspecified atom stereocenters. The van der Waals surface area contributed by atoms with E-state index in [4.69, 9.17) is 4.74 Å². The third kappa shape index (κ3) is 4.45. The molecular formula is C20H24F2N4O3. The van der Waals surface area contributed by atoms with Crippen LogP contribution in [0.5, 0.6) is 0 Å². The summed E-state index contributed by atoms with van der Waals surface area (Å²) in [5.41, 5.74) is 1.01. The van der Waals surface area contributed by atoms with Crippen LogP contribution in [0.3, 0.4) is 0 Å². The van der Waals surface area contributed by atoms with E-state index < -0.39 is 23.6 Å². The Morgan fingerprint density at radius 2 is 2.03 bits per heavy atom. The highest BCUT2D eigenvalue weighted by Crippen LogP contribution is 2.27. The maximum absolute atomic E-state index is 13.7. The Hall–Kier alpha value is -2.81. The molecule has 0 saturated carbocycles. The number of carbonyl (C=O) groups is 2. The summed E-state index contributed by atoms with van der Waals surface area (Å²) in [5.74, 6) is -2.21. The third-order valence-electron chi connectivity index (χ3n) is 4.74. The number of halogens is 2. The van der Waals surface area contributed by atoms with Crippen molar-refractivity contribution in [3.63, 3.8) is 0 Å². The standard InChI is InChI=1S/C20H24F2N4O3/c1-11(2)8-15(19(27)23-3)24-20(28)17-16-10-29-7-6-26(16)18(25-17)12-4-5-13(21)14(22)9-12/h4-5,9,11,15H,6-8,10H2,1-3H3,(H,23,27)(H,24,28)/t15-/m0/s1. The van der Waals surface area contributed by atoms with E-state index in [1.807, 2.05) is 13.8 Å². The first-order valence-electron chi connectivity index (χ1n) is 9.46. The fourth-order valence-corrected chi connectivity index (χ4v) is 3.34. The van der Waals surface area contributed by atoms with Crippen molar-refractivity contribution >= 4 is 11.8 Å². The zero-order valence-corrected chi connectivity index (χ0v) is 16.6. The second-order valence-corrected chi connectivity index (χ2v) is 7.33. The molecule has 7 nitrogen and oxygen atoms in total. The molecule has 29 heavy (non-hydrogen) atoms. The number of hydrogen-bond acceptors (Lipinski definition) is 4. The number of rotatable bonds is 6. The lowest BCUT2D eigenvalue weighted by atomic mass is 10.0. The van der Waals surface area contributed by atoms with Gasteiger partial charge in [0, 0.05) is 19.2 Å². The number of benzene rings is 1. The highest BCUT2D eigenvalue weighted by molar-refractivity contribution is 5.97. The minimum absolute atomic E-state index is 0.113. The molecule has 1 aromatic carbocycles. The molecule has 2 aromatic rings. The number of hydrogen-bond donors (Lipinski definition) is 2. The molecule has 0 spiro atoms. The van der Waals surface area contributed by atoms with Gasteiger partial charge in [0.25, 0.3) is 5.91 Å². The number of nitrogens with zero attached hydrogens (tertiary/aromatic N) is 2. The fraction of sp³-hybridized carbons (Fsp3) is 0.450. The van der Waals surface area contributed by atoms with Crippen molar-refractivity contribution in [2.75, 3.05) is 13.7 Å². The van der Waals surface area contributed by atoms with Gasteiger partial charge in [-0.3, -0.25) is 9.59 Å². The summed E-state index contributed by atoms with van der Waals surface area (Å²) in [6, 6.07) is 2.78. The molecule has 156 valence electrons. The molecule has 0 bridgehead atoms. The summed E-state index contributed by atoms with van der Waals surface area (Å²) in [6.07, 6.45) is 0.466. The van der Waals surface area contributed by atoms with E-state index >= 15 is 0 Å². The van der Waals surface area contributed by atoms with Gasteiger partial charge < -0.3 is 19.9 Å². The highest BCUT2D eigenvalue weighted by Gasteiger charge is 2.29. The average molecular weight is 406 g/mol. The molecule has 1 aromatic heterocycles. The van der Waals surface area contributed by atoms with Gasteiger partial charge in [-0.15, -0.1) is 0 Å². The zero-order valence-electron chi connectivity index (χ0n) is 16.6. The Labute approximate surface area is 167 Å². The maximum atomic E-state index is 13.7. The van der Waals surface area contributed by atoms with Gasteiger partial charge >= 0.3 is 0 Å². The van der Waals surface area contributed by atoms with Gasteiger partial charge in [0.05, 0.1) is 18.9 Å². The van der Waals surface area contributed by atoms with Crippen LogP contribution in [0, 0.1) is 17.6 Å². The molecule has 2 heterocycles. The summed E-state index contributed by atoms with van der Waals surface area (Å²) in [7, 11) is 1.51. The lowest BCUT2D eigenvalue weighted by Gasteiger charge is -2.20. The molecule has 1 aliphatic heterocycles. The van der Waals surface area contributed by atoms with Crippen LogP contribution in [0.25, 0.3) is 11.4 Å². The summed E-state index contributed by atoms with van der Waals surface area (Å²) in [5, 5.41) is 5.29. The summed E-state index contributed by atoms with van der Waals surface area (Å²) >= 11 is 0. The Morgan fingerprint density at radius 3 is 2.69 bits per heavy atom. The van der Waals surface area contributed by atoms with Crippen LogP contribution in [0.2, 0.25) is 0 Å². The number of carbonyl (C=O) groups excluding carboxylic acids is 2. The van der Waals surface area contributed by atoms with Crippen LogP contribution in [0.1, 0.15) is 36.5 Å². The summed E-state index contributed by atoms with van der Waals surface area (Å²) in [6.45, 7) is 4.91. The number of ether oxygens (including phenoxy) is 1. The van der Waals surface area contributed by atoms with Gasteiger partial charge in [0.1, 0.15) is 11.9 Å². The minimum Gasteiger partial charge on any atom is -0.373 e. The Kier molecular flexibility index (Phi) is 6.26. The molecule has 2 amide bonds. The van der Waals surface area contributed by atoms with Crippen molar-refractivity contribution in [3.05, 3.63) is 41.2 Å². The van der Waals surface area contributed by atoms with Gasteiger partial charge in [-0.25, -0.2) is 13.8 Å². The number of imidazole rings is 1. The molecule has 0 aliphatic carbocycles. The van der Waals surface area contributed by atoms with E-state index in [1.54, 1.807) is 4.57 Å². The molecule has 9 heteroatoms. The van der Waals surface area contributed by atoms with E-state index in [0.717, 1.165) is 12.1 Å². The van der Waals surface area contributed by atoms with Crippen LogP contribution in [-0.4, -0.2) is 41.1 Å². The van der Waals surface area contributed by atoms with Gasteiger partial charge in [-0.05, 0) is 30.5 Å². The zero-order chi connectivity index (χ0) is 21.1. The van der Waals surface area contributed by atoms with Crippen LogP contribution >= 0.6 is 0 Å². The van der Waals surface area contributed by atoms with E-state index in [1.165, 1.54) is 13.1 Å². The molecule has 1 aliphatic rings. The van der Waals surface area contributed by atoms with Crippen LogP contribution in [0.4, 0.5) is 8.78 Å². The average Bonchev–Trinajstić information content (AvgIpc) is 3.08. The Bertz CT molecular complexity index is 927. The molecule has 0 radical (unpaired) electrons. The van der Waals surface area contributed by atoms with Gasteiger partial charge in [-0.2, -0.15) is 0 Å². The lowest BCUT2D eigenvalue weighted by molar-refractivity contribution is -0.122. The monoisotopic (exact) mass is 406 g/mol. The van der Waals surface area contributed by atoms with E-state index in [9.17, 15) is 18.4 Å². The summed E-state index contributed by atoms with van der Waals surface area (Å²) in [4.78, 5) is 29.5. The number of fused-ring (bicyclic) bond motifs is 1. The maximum Gasteiger partial charge on any atom is 0.272 e. The SMILES string of the molecule is CNC(=O)[C@H](CC(C)C)NC(=O)c1nc(-c2ccc(F)c(F)c2)n2c1COCC2. The van der Waals surface area contributed by atoms with Crippen molar-refractivity contribution in [1.82, 2.24) is 20.2 Å². The number of nitrogens with one attached hydrogen (secondary N) is 2. The van der Waals surface area contributed by atoms with Crippen molar-refractivity contribution in [2.24, 2.45) is 5.92 Å². The molecule has 3 rings (SSSR count). The van der Waals surface area contributed by atoms with Gasteiger partial charge in [-0.1, -0.05) is 13.8 Å². The molecule has 0 fully saturated rings. The first kappa shape index (κ1) is 20.9. The normalized spacial score (nSPS) is 14.4. The van der Waals surface area contributed by atoms with Crippen LogP contribution < -0.4 is 10.6 Å². The molecule has 2 N–H and O–H groups in total. The second kappa shape index (κ2) is 8.69. The Morgan fingerprint density at radius 1 is 1.28 bits per heavy atom. The third-order valence-corrected chi connectivity index (χ3v) is 4.74. The van der Waals surface area contributed by atoms with Crippen molar-refractivity contribution < 1.29 is 23.1 Å². The van der Waals surface area contributed by atoms with Crippen molar-refractivity contribution in [1.29, 1.82) is 0 Å². The van der Waals surface area contributed by atoms with Gasteiger partial charge in [0.15, 0.2) is 17.3 Å².